The van der Waals surface area contributed by atoms with Crippen molar-refractivity contribution in [3.8, 4) is 0 Å². The molecule has 1 aliphatic heterocycles. The van der Waals surface area contributed by atoms with Gasteiger partial charge in [0.25, 0.3) is 10.0 Å². The molecule has 9 heteroatoms. The van der Waals surface area contributed by atoms with Gasteiger partial charge >= 0.3 is 11.9 Å². The first-order valence-corrected chi connectivity index (χ1v) is 9.82. The number of benzene rings is 1. The molecule has 0 fully saturated rings. The fraction of sp³-hybridized carbons (Fsp3) is 0.211. The summed E-state index contributed by atoms with van der Waals surface area (Å²) in [6.45, 7) is 3.21. The van der Waals surface area contributed by atoms with E-state index in [9.17, 15) is 18.0 Å². The van der Waals surface area contributed by atoms with Gasteiger partial charge in [-0.25, -0.2) is 23.0 Å². The predicted octanol–water partition coefficient (Wildman–Crippen LogP) is 2.19. The molecule has 0 spiro atoms. The van der Waals surface area contributed by atoms with Crippen molar-refractivity contribution in [3.63, 3.8) is 0 Å². The second kappa shape index (κ2) is 7.43. The number of nitrogens with zero attached hydrogens (tertiary/aromatic N) is 2. The predicted molar refractivity (Wildman–Crippen MR) is 99.2 cm³/mol. The Morgan fingerprint density at radius 1 is 1.04 bits per heavy atom. The zero-order chi connectivity index (χ0) is 20.5. The highest BCUT2D eigenvalue weighted by molar-refractivity contribution is 7.89. The van der Waals surface area contributed by atoms with Gasteiger partial charge in [0.15, 0.2) is 11.5 Å². The van der Waals surface area contributed by atoms with Crippen molar-refractivity contribution in [1.82, 2.24) is 9.29 Å². The molecule has 0 saturated carbocycles. The maximum atomic E-state index is 13.1. The first kappa shape index (κ1) is 19.6. The summed E-state index contributed by atoms with van der Waals surface area (Å²) in [7, 11) is -2.93. The third-order valence-corrected chi connectivity index (χ3v) is 6.05. The molecule has 0 N–H and O–H groups in total. The van der Waals surface area contributed by atoms with E-state index in [1.807, 2.05) is 0 Å². The zero-order valence-electron chi connectivity index (χ0n) is 15.4. The number of pyridine rings is 1. The number of aromatic nitrogens is 1. The first-order chi connectivity index (χ1) is 13.3. The molecule has 0 atom stereocenters. The molecule has 0 saturated heterocycles. The van der Waals surface area contributed by atoms with Crippen LogP contribution in [0.3, 0.4) is 0 Å². The Labute approximate surface area is 162 Å². The number of fused-ring (bicyclic) bond motifs is 1. The quantitative estimate of drug-likeness (QED) is 0.722. The normalized spacial score (nSPS) is 15.2. The molecule has 0 radical (unpaired) electrons. The standard InChI is InChI=1S/C19H18N2O6S/c1-12(2)21-16(19(23)26-3)17(27-18(22)14-9-6-7-11-20-14)13-8-4-5-10-15(13)28(21,24)25/h4-12H,1-3H3. The van der Waals surface area contributed by atoms with Crippen molar-refractivity contribution in [2.24, 2.45) is 0 Å². The molecule has 0 bridgehead atoms. The third-order valence-electron chi connectivity index (χ3n) is 4.02. The summed E-state index contributed by atoms with van der Waals surface area (Å²) in [4.78, 5) is 29.0. The van der Waals surface area contributed by atoms with Crippen molar-refractivity contribution in [2.75, 3.05) is 7.11 Å². The molecule has 1 aromatic heterocycles. The lowest BCUT2D eigenvalue weighted by Crippen LogP contribution is -2.43. The summed E-state index contributed by atoms with van der Waals surface area (Å²) in [5.41, 5.74) is -0.245. The molecule has 1 aromatic carbocycles. The van der Waals surface area contributed by atoms with Gasteiger partial charge in [-0.1, -0.05) is 18.2 Å². The molecule has 3 rings (SSSR count). The van der Waals surface area contributed by atoms with E-state index >= 15 is 0 Å². The van der Waals surface area contributed by atoms with Crippen LogP contribution in [0.4, 0.5) is 0 Å². The molecular formula is C19H18N2O6S. The number of esters is 2. The van der Waals surface area contributed by atoms with E-state index in [4.69, 9.17) is 9.47 Å². The van der Waals surface area contributed by atoms with Gasteiger partial charge in [0.1, 0.15) is 5.69 Å². The molecule has 0 aliphatic carbocycles. The molecule has 146 valence electrons. The van der Waals surface area contributed by atoms with Crippen LogP contribution in [0.5, 0.6) is 0 Å². The molecule has 8 nitrogen and oxygen atoms in total. The number of methoxy groups -OCH3 is 1. The first-order valence-electron chi connectivity index (χ1n) is 8.38. The fourth-order valence-corrected chi connectivity index (χ4v) is 4.73. The van der Waals surface area contributed by atoms with Crippen LogP contribution >= 0.6 is 0 Å². The molecule has 0 amide bonds. The Kier molecular flexibility index (Phi) is 5.19. The zero-order valence-corrected chi connectivity index (χ0v) is 16.3. The molecule has 2 heterocycles. The fourth-order valence-electron chi connectivity index (χ4n) is 2.88. The van der Waals surface area contributed by atoms with Crippen molar-refractivity contribution >= 4 is 27.7 Å². The van der Waals surface area contributed by atoms with E-state index < -0.39 is 28.0 Å². The summed E-state index contributed by atoms with van der Waals surface area (Å²) in [6, 6.07) is 10.1. The van der Waals surface area contributed by atoms with E-state index in [0.717, 1.165) is 11.4 Å². The second-order valence-electron chi connectivity index (χ2n) is 6.16. The van der Waals surface area contributed by atoms with E-state index in [1.54, 1.807) is 38.1 Å². The van der Waals surface area contributed by atoms with Crippen LogP contribution in [0.25, 0.3) is 5.76 Å². The Hall–Kier alpha value is -3.20. The van der Waals surface area contributed by atoms with Gasteiger partial charge in [0.2, 0.25) is 0 Å². The van der Waals surface area contributed by atoms with Crippen LogP contribution in [0.1, 0.15) is 29.9 Å². The number of rotatable bonds is 4. The van der Waals surface area contributed by atoms with Crippen LogP contribution < -0.4 is 0 Å². The van der Waals surface area contributed by atoms with Gasteiger partial charge < -0.3 is 9.47 Å². The topological polar surface area (TPSA) is 103 Å². The Balaban J connectivity index is 2.26. The van der Waals surface area contributed by atoms with Gasteiger partial charge in [0, 0.05) is 17.8 Å². The van der Waals surface area contributed by atoms with Crippen LogP contribution in [0.2, 0.25) is 0 Å². The Morgan fingerprint density at radius 2 is 1.71 bits per heavy atom. The minimum absolute atomic E-state index is 0.0150. The van der Waals surface area contributed by atoms with Crippen molar-refractivity contribution in [1.29, 1.82) is 0 Å². The summed E-state index contributed by atoms with van der Waals surface area (Å²) in [6.07, 6.45) is 1.42. The largest absolute Gasteiger partial charge is 0.464 e. The second-order valence-corrected chi connectivity index (χ2v) is 7.95. The smallest absolute Gasteiger partial charge is 0.362 e. The third kappa shape index (κ3) is 3.24. The van der Waals surface area contributed by atoms with Crippen LogP contribution in [-0.4, -0.2) is 42.8 Å². The highest BCUT2D eigenvalue weighted by atomic mass is 32.2. The van der Waals surface area contributed by atoms with Crippen LogP contribution in [-0.2, 0) is 24.3 Å². The number of carbonyl (C=O) groups is 2. The van der Waals surface area contributed by atoms with E-state index in [0.29, 0.717) is 0 Å². The minimum Gasteiger partial charge on any atom is -0.464 e. The molecular weight excluding hydrogens is 384 g/mol. The van der Waals surface area contributed by atoms with E-state index in [-0.39, 0.29) is 27.6 Å². The van der Waals surface area contributed by atoms with Crippen LogP contribution in [0, 0.1) is 0 Å². The maximum absolute atomic E-state index is 13.1. The maximum Gasteiger partial charge on any atom is 0.362 e. The van der Waals surface area contributed by atoms with Crippen molar-refractivity contribution in [3.05, 3.63) is 65.6 Å². The van der Waals surface area contributed by atoms with E-state index in [2.05, 4.69) is 4.98 Å². The lowest BCUT2D eigenvalue weighted by Gasteiger charge is -2.34. The number of sulfonamides is 1. The van der Waals surface area contributed by atoms with Gasteiger partial charge in [-0.2, -0.15) is 0 Å². The van der Waals surface area contributed by atoms with Crippen molar-refractivity contribution < 1.29 is 27.5 Å². The van der Waals surface area contributed by atoms with Gasteiger partial charge in [-0.05, 0) is 38.1 Å². The number of carbonyl (C=O) groups excluding carboxylic acids is 2. The summed E-state index contributed by atoms with van der Waals surface area (Å²) < 4.78 is 37.4. The highest BCUT2D eigenvalue weighted by Crippen LogP contribution is 2.39. The van der Waals surface area contributed by atoms with Gasteiger partial charge in [-0.3, -0.25) is 4.31 Å². The summed E-state index contributed by atoms with van der Waals surface area (Å²) in [5.74, 6) is -1.95. The summed E-state index contributed by atoms with van der Waals surface area (Å²) in [5, 5.41) is 0. The lowest BCUT2D eigenvalue weighted by atomic mass is 10.1. The SMILES string of the molecule is COC(=O)C1=C(OC(=O)c2ccccn2)c2ccccc2S(=O)(=O)N1C(C)C. The Morgan fingerprint density at radius 3 is 2.32 bits per heavy atom. The number of hydrogen-bond donors (Lipinski definition) is 0. The average molecular weight is 402 g/mol. The lowest BCUT2D eigenvalue weighted by molar-refractivity contribution is -0.137. The molecule has 0 unspecified atom stereocenters. The molecule has 28 heavy (non-hydrogen) atoms. The van der Waals surface area contributed by atoms with E-state index in [1.165, 1.54) is 24.4 Å². The number of hydrogen-bond acceptors (Lipinski definition) is 7. The van der Waals surface area contributed by atoms with Gasteiger partial charge in [-0.15, -0.1) is 0 Å². The minimum atomic E-state index is -4.05. The van der Waals surface area contributed by atoms with Crippen LogP contribution in [0.15, 0.2) is 59.3 Å². The van der Waals surface area contributed by atoms with Crippen molar-refractivity contribution in [2.45, 2.75) is 24.8 Å². The molecule has 1 aliphatic rings. The monoisotopic (exact) mass is 402 g/mol. The number of ether oxygens (including phenoxy) is 2. The van der Waals surface area contributed by atoms with Gasteiger partial charge in [0.05, 0.1) is 12.0 Å². The summed E-state index contributed by atoms with van der Waals surface area (Å²) >= 11 is 0. The average Bonchev–Trinajstić information content (AvgIpc) is 2.69. The Bertz CT molecular complexity index is 1060. The highest BCUT2D eigenvalue weighted by Gasteiger charge is 2.43. The molecule has 2 aromatic rings.